The van der Waals surface area contributed by atoms with Gasteiger partial charge in [-0.05, 0) is 12.1 Å². The predicted octanol–water partition coefficient (Wildman–Crippen LogP) is 2.87. The Morgan fingerprint density at radius 2 is 1.89 bits per heavy atom. The molecule has 2 aromatic heterocycles. The molecule has 0 aliphatic rings. The van der Waals surface area contributed by atoms with E-state index in [0.717, 1.165) is 12.3 Å². The van der Waals surface area contributed by atoms with Gasteiger partial charge in [0.1, 0.15) is 17.7 Å². The number of hydrogen-bond acceptors (Lipinski definition) is 5. The Hall–Kier alpha value is -2.09. The van der Waals surface area contributed by atoms with Gasteiger partial charge in [0.05, 0.1) is 11.9 Å². The van der Waals surface area contributed by atoms with Gasteiger partial charge in [-0.2, -0.15) is 13.2 Å². The molecule has 9 heteroatoms. The lowest BCUT2D eigenvalue weighted by molar-refractivity contribution is -0.141. The highest BCUT2D eigenvalue weighted by atomic mass is 35.5. The molecule has 2 aromatic rings. The number of nitrogens with zero attached hydrogens (tertiary/aromatic N) is 3. The van der Waals surface area contributed by atoms with E-state index in [1.54, 1.807) is 0 Å². The molecule has 0 unspecified atom stereocenters. The predicted molar refractivity (Wildman–Crippen MR) is 64.0 cm³/mol. The van der Waals surface area contributed by atoms with Crippen molar-refractivity contribution in [3.63, 3.8) is 0 Å². The normalized spacial score (nSPS) is 11.4. The van der Waals surface area contributed by atoms with Gasteiger partial charge in [0.15, 0.2) is 11.0 Å². The molecule has 2 rings (SSSR count). The van der Waals surface area contributed by atoms with Gasteiger partial charge in [0.25, 0.3) is 0 Å². The fourth-order valence-electron chi connectivity index (χ4n) is 1.25. The minimum absolute atomic E-state index is 0.0531. The number of aromatic nitrogens is 3. The van der Waals surface area contributed by atoms with Crippen molar-refractivity contribution in [1.82, 2.24) is 15.0 Å². The molecule has 0 aliphatic heterocycles. The number of nitrogens with one attached hydrogen (secondary N) is 1. The summed E-state index contributed by atoms with van der Waals surface area (Å²) in [5.41, 5.74) is 5.03. The molecule has 2 heterocycles. The Kier molecular flexibility index (Phi) is 3.43. The molecular formula is C10H7ClF3N5. The third kappa shape index (κ3) is 3.02. The molecule has 5 nitrogen and oxygen atoms in total. The van der Waals surface area contributed by atoms with E-state index in [9.17, 15) is 13.2 Å². The SMILES string of the molecule is Nc1c(Cl)ncnc1Nc1ccc(C(F)(F)F)nc1. The van der Waals surface area contributed by atoms with E-state index in [-0.39, 0.29) is 16.7 Å². The summed E-state index contributed by atoms with van der Waals surface area (Å²) >= 11 is 5.68. The van der Waals surface area contributed by atoms with Crippen molar-refractivity contribution in [2.45, 2.75) is 6.18 Å². The number of nitrogen functional groups attached to an aromatic ring is 1. The molecule has 0 saturated carbocycles. The van der Waals surface area contributed by atoms with Crippen LogP contribution in [0, 0.1) is 0 Å². The van der Waals surface area contributed by atoms with Crippen LogP contribution in [0.4, 0.5) is 30.4 Å². The van der Waals surface area contributed by atoms with E-state index >= 15 is 0 Å². The van der Waals surface area contributed by atoms with Crippen LogP contribution in [-0.4, -0.2) is 15.0 Å². The Labute approximate surface area is 110 Å². The topological polar surface area (TPSA) is 76.7 Å². The van der Waals surface area contributed by atoms with Crippen LogP contribution in [0.2, 0.25) is 5.15 Å². The van der Waals surface area contributed by atoms with E-state index < -0.39 is 11.9 Å². The van der Waals surface area contributed by atoms with E-state index in [1.165, 1.54) is 12.4 Å². The standard InChI is InChI=1S/C10H7ClF3N5/c11-8-7(15)9(18-4-17-8)19-5-1-2-6(16-3-5)10(12,13)14/h1-4H,15H2,(H,17,18,19). The summed E-state index contributed by atoms with van der Waals surface area (Å²) in [5.74, 6) is 0.196. The highest BCUT2D eigenvalue weighted by Gasteiger charge is 2.32. The van der Waals surface area contributed by atoms with Gasteiger partial charge in [-0.1, -0.05) is 11.6 Å². The van der Waals surface area contributed by atoms with Crippen molar-refractivity contribution in [3.05, 3.63) is 35.5 Å². The zero-order chi connectivity index (χ0) is 14.0. The van der Waals surface area contributed by atoms with Crippen LogP contribution >= 0.6 is 11.6 Å². The average molecular weight is 290 g/mol. The summed E-state index contributed by atoms with van der Waals surface area (Å²) in [7, 11) is 0. The molecule has 0 fully saturated rings. The minimum atomic E-state index is -4.48. The van der Waals surface area contributed by atoms with Gasteiger partial charge in [-0.3, -0.25) is 0 Å². The first-order valence-corrected chi connectivity index (χ1v) is 5.32. The van der Waals surface area contributed by atoms with Crippen molar-refractivity contribution in [1.29, 1.82) is 0 Å². The van der Waals surface area contributed by atoms with Crippen LogP contribution < -0.4 is 11.1 Å². The van der Waals surface area contributed by atoms with Crippen molar-refractivity contribution >= 4 is 28.8 Å². The van der Waals surface area contributed by atoms with Crippen LogP contribution in [0.3, 0.4) is 0 Å². The van der Waals surface area contributed by atoms with E-state index in [0.29, 0.717) is 5.69 Å². The Morgan fingerprint density at radius 3 is 2.47 bits per heavy atom. The van der Waals surface area contributed by atoms with E-state index in [1.807, 2.05) is 0 Å². The second kappa shape index (κ2) is 4.88. The second-order valence-electron chi connectivity index (χ2n) is 3.48. The number of rotatable bonds is 2. The lowest BCUT2D eigenvalue weighted by Crippen LogP contribution is -2.08. The molecule has 19 heavy (non-hydrogen) atoms. The van der Waals surface area contributed by atoms with Crippen LogP contribution in [-0.2, 0) is 6.18 Å². The van der Waals surface area contributed by atoms with Gasteiger partial charge < -0.3 is 11.1 Å². The number of pyridine rings is 1. The van der Waals surface area contributed by atoms with Crippen molar-refractivity contribution in [3.8, 4) is 0 Å². The van der Waals surface area contributed by atoms with Crippen molar-refractivity contribution in [2.24, 2.45) is 0 Å². The van der Waals surface area contributed by atoms with E-state index in [4.69, 9.17) is 17.3 Å². The summed E-state index contributed by atoms with van der Waals surface area (Å²) < 4.78 is 37.0. The van der Waals surface area contributed by atoms with E-state index in [2.05, 4.69) is 20.3 Å². The van der Waals surface area contributed by atoms with Crippen LogP contribution in [0.5, 0.6) is 0 Å². The highest BCUT2D eigenvalue weighted by Crippen LogP contribution is 2.29. The molecule has 100 valence electrons. The minimum Gasteiger partial charge on any atom is -0.393 e. The molecule has 0 spiro atoms. The lowest BCUT2D eigenvalue weighted by Gasteiger charge is -2.09. The summed E-state index contributed by atoms with van der Waals surface area (Å²) in [6.45, 7) is 0. The number of hydrogen-bond donors (Lipinski definition) is 2. The fourth-order valence-corrected chi connectivity index (χ4v) is 1.38. The lowest BCUT2D eigenvalue weighted by atomic mass is 10.3. The number of halogens is 4. The van der Waals surface area contributed by atoms with Gasteiger partial charge >= 0.3 is 6.18 Å². The average Bonchev–Trinajstić information content (AvgIpc) is 2.35. The molecule has 0 aromatic carbocycles. The fraction of sp³-hybridized carbons (Fsp3) is 0.100. The molecule has 0 aliphatic carbocycles. The molecule has 0 radical (unpaired) electrons. The summed E-state index contributed by atoms with van der Waals surface area (Å²) in [6.07, 6.45) is -2.27. The van der Waals surface area contributed by atoms with Gasteiger partial charge in [0, 0.05) is 0 Å². The third-order valence-corrected chi connectivity index (χ3v) is 2.45. The quantitative estimate of drug-likeness (QED) is 0.831. The third-order valence-electron chi connectivity index (χ3n) is 2.15. The number of alkyl halides is 3. The maximum absolute atomic E-state index is 12.3. The van der Waals surface area contributed by atoms with Crippen LogP contribution in [0.25, 0.3) is 0 Å². The first-order chi connectivity index (χ1) is 8.88. The Morgan fingerprint density at radius 1 is 1.16 bits per heavy atom. The molecule has 0 saturated heterocycles. The Bertz CT molecular complexity index is 585. The van der Waals surface area contributed by atoms with Crippen molar-refractivity contribution in [2.75, 3.05) is 11.1 Å². The van der Waals surface area contributed by atoms with Gasteiger partial charge in [-0.25, -0.2) is 15.0 Å². The maximum atomic E-state index is 12.3. The molecule has 0 atom stereocenters. The second-order valence-corrected chi connectivity index (χ2v) is 3.84. The largest absolute Gasteiger partial charge is 0.433 e. The number of anilines is 3. The summed E-state index contributed by atoms with van der Waals surface area (Å²) in [6, 6.07) is 2.06. The summed E-state index contributed by atoms with van der Waals surface area (Å²) in [4.78, 5) is 10.8. The highest BCUT2D eigenvalue weighted by molar-refractivity contribution is 6.32. The molecule has 0 amide bonds. The zero-order valence-electron chi connectivity index (χ0n) is 9.24. The Balaban J connectivity index is 2.23. The van der Waals surface area contributed by atoms with Gasteiger partial charge in [0.2, 0.25) is 0 Å². The summed E-state index contributed by atoms with van der Waals surface area (Å²) in [5, 5.41) is 2.75. The maximum Gasteiger partial charge on any atom is 0.433 e. The first-order valence-electron chi connectivity index (χ1n) is 4.94. The first kappa shape index (κ1) is 13.3. The number of nitrogens with two attached hydrogens (primary N) is 1. The molecular weight excluding hydrogens is 283 g/mol. The smallest absolute Gasteiger partial charge is 0.393 e. The van der Waals surface area contributed by atoms with Crippen LogP contribution in [0.1, 0.15) is 5.69 Å². The zero-order valence-corrected chi connectivity index (χ0v) is 10.00. The molecule has 0 bridgehead atoms. The van der Waals surface area contributed by atoms with Crippen molar-refractivity contribution < 1.29 is 13.2 Å². The molecule has 3 N–H and O–H groups in total. The van der Waals surface area contributed by atoms with Gasteiger partial charge in [-0.15, -0.1) is 0 Å². The monoisotopic (exact) mass is 289 g/mol. The van der Waals surface area contributed by atoms with Crippen LogP contribution in [0.15, 0.2) is 24.7 Å².